The number of benzene rings is 2. The standard InChI is InChI=1S/C29H32N4O7/c1-37-23-12-18-20(30-16-17-6-3-8-32(17)28(18)35)14-25(23)39-10-5-11-40-26-15-21-19(13-24(26)38-2)29(36)33-9-4-7-22(33)27(34)31-21/h12-17,22H,3-11H2,1-2H3,(H,31,34)/t17-,22+/m0/s1. The number of nitrogens with zero attached hydrogens (tertiary/aromatic N) is 3. The van der Waals surface area contributed by atoms with Gasteiger partial charge < -0.3 is 34.1 Å². The summed E-state index contributed by atoms with van der Waals surface area (Å²) in [4.78, 5) is 46.9. The number of hydrogen-bond acceptors (Lipinski definition) is 8. The summed E-state index contributed by atoms with van der Waals surface area (Å²) in [6.45, 7) is 1.91. The summed E-state index contributed by atoms with van der Waals surface area (Å²) in [5, 5.41) is 2.88. The number of methoxy groups -OCH3 is 2. The number of carbonyl (C=O) groups excluding carboxylic acids is 3. The molecule has 40 heavy (non-hydrogen) atoms. The molecular formula is C29H32N4O7. The van der Waals surface area contributed by atoms with Gasteiger partial charge in [-0.2, -0.15) is 0 Å². The first kappa shape index (κ1) is 26.0. The van der Waals surface area contributed by atoms with Crippen LogP contribution >= 0.6 is 0 Å². The maximum Gasteiger partial charge on any atom is 0.256 e. The van der Waals surface area contributed by atoms with Crippen LogP contribution in [0.2, 0.25) is 0 Å². The van der Waals surface area contributed by atoms with E-state index in [0.717, 1.165) is 25.8 Å². The Bertz CT molecular complexity index is 1390. The van der Waals surface area contributed by atoms with E-state index in [4.69, 9.17) is 18.9 Å². The molecule has 0 spiro atoms. The number of rotatable bonds is 8. The Morgan fingerprint density at radius 1 is 0.825 bits per heavy atom. The SMILES string of the molecule is COc1cc2c(cc1OCCCOc1cc3c(cc1OC)C(=O)N1CCC[C@@H]1C(=O)N3)N=C[C@@H]1CCCN1C2=O. The van der Waals surface area contributed by atoms with E-state index >= 15 is 0 Å². The molecule has 6 rings (SSSR count). The van der Waals surface area contributed by atoms with Gasteiger partial charge in [0.25, 0.3) is 11.8 Å². The molecule has 2 fully saturated rings. The van der Waals surface area contributed by atoms with E-state index in [1.54, 1.807) is 36.3 Å². The molecule has 2 aromatic carbocycles. The van der Waals surface area contributed by atoms with Crippen LogP contribution in [0.15, 0.2) is 29.3 Å². The van der Waals surface area contributed by atoms with Gasteiger partial charge in [0, 0.05) is 37.9 Å². The third-order valence-electron chi connectivity index (χ3n) is 7.87. The molecule has 0 unspecified atom stereocenters. The van der Waals surface area contributed by atoms with Gasteiger partial charge >= 0.3 is 0 Å². The topological polar surface area (TPSA) is 119 Å². The van der Waals surface area contributed by atoms with Crippen molar-refractivity contribution in [2.45, 2.75) is 44.2 Å². The Labute approximate surface area is 232 Å². The maximum absolute atomic E-state index is 13.1. The molecule has 0 bridgehead atoms. The Morgan fingerprint density at radius 2 is 1.48 bits per heavy atom. The number of aliphatic imine (C=N–C) groups is 1. The van der Waals surface area contributed by atoms with Crippen LogP contribution in [0, 0.1) is 0 Å². The molecule has 0 aliphatic carbocycles. The number of hydrogen-bond donors (Lipinski definition) is 1. The van der Waals surface area contributed by atoms with Crippen LogP contribution in [0.25, 0.3) is 0 Å². The highest BCUT2D eigenvalue weighted by atomic mass is 16.5. The summed E-state index contributed by atoms with van der Waals surface area (Å²) >= 11 is 0. The average Bonchev–Trinajstić information content (AvgIpc) is 3.61. The highest BCUT2D eigenvalue weighted by Crippen LogP contribution is 2.39. The number of carbonyl (C=O) groups is 3. The van der Waals surface area contributed by atoms with E-state index in [-0.39, 0.29) is 23.8 Å². The van der Waals surface area contributed by atoms with Crippen molar-refractivity contribution in [3.05, 3.63) is 35.4 Å². The second-order valence-corrected chi connectivity index (χ2v) is 10.3. The summed E-state index contributed by atoms with van der Waals surface area (Å²) < 4.78 is 23.0. The van der Waals surface area contributed by atoms with E-state index in [2.05, 4.69) is 10.3 Å². The molecule has 11 nitrogen and oxygen atoms in total. The van der Waals surface area contributed by atoms with Gasteiger partial charge in [0.1, 0.15) is 6.04 Å². The molecule has 2 saturated heterocycles. The van der Waals surface area contributed by atoms with Crippen molar-refractivity contribution in [1.29, 1.82) is 0 Å². The molecule has 210 valence electrons. The molecule has 0 radical (unpaired) electrons. The number of amides is 3. The van der Waals surface area contributed by atoms with Crippen LogP contribution < -0.4 is 24.3 Å². The number of anilines is 1. The fraction of sp³-hybridized carbons (Fsp3) is 0.448. The minimum atomic E-state index is -0.446. The van der Waals surface area contributed by atoms with Crippen molar-refractivity contribution in [3.8, 4) is 23.0 Å². The van der Waals surface area contributed by atoms with Gasteiger partial charge in [0.15, 0.2) is 23.0 Å². The van der Waals surface area contributed by atoms with Gasteiger partial charge in [-0.15, -0.1) is 0 Å². The van der Waals surface area contributed by atoms with Crippen LogP contribution in [0.3, 0.4) is 0 Å². The third-order valence-corrected chi connectivity index (χ3v) is 7.87. The molecule has 4 heterocycles. The largest absolute Gasteiger partial charge is 0.493 e. The monoisotopic (exact) mass is 548 g/mol. The molecule has 2 aromatic rings. The highest BCUT2D eigenvalue weighted by molar-refractivity contribution is 6.10. The predicted octanol–water partition coefficient (Wildman–Crippen LogP) is 3.43. The number of nitrogens with one attached hydrogen (secondary N) is 1. The van der Waals surface area contributed by atoms with Crippen molar-refractivity contribution in [3.63, 3.8) is 0 Å². The van der Waals surface area contributed by atoms with Crippen molar-refractivity contribution in [2.24, 2.45) is 4.99 Å². The van der Waals surface area contributed by atoms with Gasteiger partial charge in [0.2, 0.25) is 5.91 Å². The molecule has 1 N–H and O–H groups in total. The fourth-order valence-corrected chi connectivity index (χ4v) is 5.81. The Kier molecular flexibility index (Phi) is 6.95. The third kappa shape index (κ3) is 4.59. The molecule has 4 aliphatic rings. The van der Waals surface area contributed by atoms with Gasteiger partial charge in [-0.3, -0.25) is 19.4 Å². The predicted molar refractivity (Wildman–Crippen MR) is 146 cm³/mol. The molecule has 11 heteroatoms. The second-order valence-electron chi connectivity index (χ2n) is 10.3. The van der Waals surface area contributed by atoms with Gasteiger partial charge in [-0.05, 0) is 37.8 Å². The van der Waals surface area contributed by atoms with Gasteiger partial charge in [0.05, 0.1) is 56.0 Å². The Balaban J connectivity index is 1.11. The van der Waals surface area contributed by atoms with Crippen molar-refractivity contribution in [2.75, 3.05) is 45.8 Å². The molecule has 0 aromatic heterocycles. The van der Waals surface area contributed by atoms with Gasteiger partial charge in [-0.25, -0.2) is 0 Å². The van der Waals surface area contributed by atoms with E-state index in [1.807, 2.05) is 11.1 Å². The first-order valence-electron chi connectivity index (χ1n) is 13.6. The van der Waals surface area contributed by atoms with E-state index in [9.17, 15) is 14.4 Å². The fourth-order valence-electron chi connectivity index (χ4n) is 5.81. The Morgan fingerprint density at radius 3 is 2.23 bits per heavy atom. The number of fused-ring (bicyclic) bond motifs is 4. The van der Waals surface area contributed by atoms with E-state index in [0.29, 0.717) is 78.1 Å². The average molecular weight is 549 g/mol. The summed E-state index contributed by atoms with van der Waals surface area (Å²) in [5.41, 5.74) is 1.89. The zero-order valence-electron chi connectivity index (χ0n) is 22.6. The minimum Gasteiger partial charge on any atom is -0.493 e. The maximum atomic E-state index is 13.1. The quantitative estimate of drug-likeness (QED) is 0.502. The minimum absolute atomic E-state index is 0.0287. The first-order chi connectivity index (χ1) is 19.5. The Hall–Kier alpha value is -4.28. The molecular weight excluding hydrogens is 516 g/mol. The zero-order valence-corrected chi connectivity index (χ0v) is 22.6. The lowest BCUT2D eigenvalue weighted by Crippen LogP contribution is -2.40. The van der Waals surface area contributed by atoms with Crippen LogP contribution in [0.5, 0.6) is 23.0 Å². The normalized spacial score (nSPS) is 21.1. The summed E-state index contributed by atoms with van der Waals surface area (Å²) in [7, 11) is 3.05. The molecule has 0 saturated carbocycles. The van der Waals surface area contributed by atoms with E-state index < -0.39 is 6.04 Å². The summed E-state index contributed by atoms with van der Waals surface area (Å²) in [5.74, 6) is 1.39. The van der Waals surface area contributed by atoms with Crippen molar-refractivity contribution < 1.29 is 33.3 Å². The van der Waals surface area contributed by atoms with Crippen molar-refractivity contribution >= 4 is 35.3 Å². The second kappa shape index (κ2) is 10.7. The van der Waals surface area contributed by atoms with Crippen molar-refractivity contribution in [1.82, 2.24) is 9.80 Å². The van der Waals surface area contributed by atoms with Gasteiger partial charge in [-0.1, -0.05) is 0 Å². The summed E-state index contributed by atoms with van der Waals surface area (Å²) in [6, 6.07) is 6.29. The molecule has 2 atom stereocenters. The zero-order chi connectivity index (χ0) is 27.8. The lowest BCUT2D eigenvalue weighted by Gasteiger charge is -2.20. The van der Waals surface area contributed by atoms with Crippen LogP contribution in [0.1, 0.15) is 52.8 Å². The first-order valence-corrected chi connectivity index (χ1v) is 13.6. The van der Waals surface area contributed by atoms with Crippen LogP contribution in [-0.4, -0.2) is 86.3 Å². The van der Waals surface area contributed by atoms with Crippen LogP contribution in [0.4, 0.5) is 11.4 Å². The van der Waals surface area contributed by atoms with E-state index in [1.165, 1.54) is 7.11 Å². The molecule has 4 aliphatic heterocycles. The number of ether oxygens (including phenoxy) is 4. The molecule has 3 amide bonds. The lowest BCUT2D eigenvalue weighted by atomic mass is 10.1. The smallest absolute Gasteiger partial charge is 0.256 e. The lowest BCUT2D eigenvalue weighted by molar-refractivity contribution is -0.119. The summed E-state index contributed by atoms with van der Waals surface area (Å²) in [6.07, 6.45) is 5.72. The van der Waals surface area contributed by atoms with Crippen LogP contribution in [-0.2, 0) is 4.79 Å². The highest BCUT2D eigenvalue weighted by Gasteiger charge is 2.39.